The number of hydrogen-bond donors (Lipinski definition) is 3. The maximum absolute atomic E-state index is 13.5. The summed E-state index contributed by atoms with van der Waals surface area (Å²) in [5.74, 6) is 7.15. The molecule has 15 nitrogen and oxygen atoms in total. The van der Waals surface area contributed by atoms with Gasteiger partial charge in [-0.1, -0.05) is 145 Å². The van der Waals surface area contributed by atoms with Crippen LogP contribution < -0.4 is 34.9 Å². The number of likely N-dealkylation sites (N-methyl/N-ethyl adjacent to an activating group) is 1. The number of fused-ring (bicyclic) bond motifs is 2. The first-order valence-corrected chi connectivity index (χ1v) is 38.1. The lowest BCUT2D eigenvalue weighted by Gasteiger charge is -2.38. The van der Waals surface area contributed by atoms with E-state index >= 15 is 0 Å². The van der Waals surface area contributed by atoms with Crippen molar-refractivity contribution in [1.82, 2.24) is 20.9 Å². The Balaban J connectivity index is 1.29. The van der Waals surface area contributed by atoms with Gasteiger partial charge in [-0.15, -0.1) is 0 Å². The highest BCUT2D eigenvalue weighted by molar-refractivity contribution is 7.85. The third kappa shape index (κ3) is 29.1. The summed E-state index contributed by atoms with van der Waals surface area (Å²) in [5, 5.41) is 8.97. The molecule has 2 aromatic carbocycles. The Morgan fingerprint density at radius 3 is 1.27 bits per heavy atom. The predicted molar refractivity (Wildman–Crippen MR) is 378 cm³/mol. The first kappa shape index (κ1) is 80.3. The van der Waals surface area contributed by atoms with E-state index in [-0.39, 0.29) is 30.0 Å². The molecule has 0 bridgehead atoms. The molecule has 0 saturated carbocycles. The number of carbonyl (C=O) groups is 3. The van der Waals surface area contributed by atoms with Crippen LogP contribution in [0.4, 0.5) is 9.59 Å². The number of benzene rings is 2. The lowest BCUT2D eigenvalue weighted by atomic mass is 9.83. The Kier molecular flexibility index (Phi) is 34.2. The molecule has 2 aliphatic heterocycles. The van der Waals surface area contributed by atoms with Crippen LogP contribution in [0.5, 0.6) is 23.0 Å². The Morgan fingerprint density at radius 1 is 0.511 bits per heavy atom. The number of rotatable bonds is 44. The minimum atomic E-state index is -4.28. The normalized spacial score (nSPS) is 18.0. The number of nitrogens with one attached hydrogen (secondary N) is 3. The molecule has 4 rings (SSSR count). The molecule has 0 unspecified atom stereocenters. The van der Waals surface area contributed by atoms with Crippen LogP contribution in [0.3, 0.4) is 0 Å². The van der Waals surface area contributed by atoms with Gasteiger partial charge in [0.2, 0.25) is 5.91 Å². The number of ether oxygens (including phenoxy) is 4. The Morgan fingerprint density at radius 2 is 0.891 bits per heavy atom. The lowest BCUT2D eigenvalue weighted by Crippen LogP contribution is -2.46. The van der Waals surface area contributed by atoms with Gasteiger partial charge in [-0.05, 0) is 202 Å². The van der Waals surface area contributed by atoms with Crippen LogP contribution in [0.15, 0.2) is 0 Å². The van der Waals surface area contributed by atoms with Crippen molar-refractivity contribution in [2.45, 2.75) is 289 Å². The molecule has 2 aromatic rings. The zero-order valence-corrected chi connectivity index (χ0v) is 62.4. The van der Waals surface area contributed by atoms with E-state index in [1.54, 1.807) is 0 Å². The molecule has 3 N–H and O–H groups in total. The fourth-order valence-electron chi connectivity index (χ4n) is 14.0. The van der Waals surface area contributed by atoms with Crippen LogP contribution in [0.25, 0.3) is 0 Å². The molecule has 2 aliphatic rings. The zero-order chi connectivity index (χ0) is 68.4. The van der Waals surface area contributed by atoms with E-state index in [0.29, 0.717) is 93.0 Å². The van der Waals surface area contributed by atoms with Gasteiger partial charge in [0.25, 0.3) is 0 Å². The molecule has 0 fully saturated rings. The number of amides is 3. The fourth-order valence-corrected chi connectivity index (χ4v) is 14.5. The van der Waals surface area contributed by atoms with Gasteiger partial charge in [-0.3, -0.25) is 4.79 Å². The second-order valence-electron chi connectivity index (χ2n) is 31.1. The molecule has 0 aliphatic carbocycles. The Hall–Kier alpha value is -4.12. The molecular formula is C76H133N5O10S. The van der Waals surface area contributed by atoms with Crippen molar-refractivity contribution >= 4 is 28.2 Å². The molecule has 0 aromatic heterocycles. The van der Waals surface area contributed by atoms with E-state index in [9.17, 15) is 27.4 Å². The third-order valence-corrected chi connectivity index (χ3v) is 21.5. The van der Waals surface area contributed by atoms with Gasteiger partial charge in [-0.25, -0.2) is 18.0 Å². The molecule has 0 radical (unpaired) electrons. The van der Waals surface area contributed by atoms with Crippen LogP contribution in [0.1, 0.15) is 268 Å². The van der Waals surface area contributed by atoms with Crippen molar-refractivity contribution < 1.29 is 50.8 Å². The SMILES string of the molecule is Cc1c(C)c2c(c(C)c1OC(=O)NCCCN(CCCNC(=O)Oc1c(C)c(C)c3c(c1C)CC[C@@](C)(CCC[C@H](C)CCC[C@H](C)CCCC(C)C)O3)CCC(=O)NCC[N+](C)(C)CCCS(=O)(=O)[O-])CC[C@@](C)(CCC[C@H](C)CCC[C@H](C)CCCC(C)C)O2. The average molecular weight is 1310 g/mol. The van der Waals surface area contributed by atoms with E-state index in [4.69, 9.17) is 18.9 Å². The highest BCUT2D eigenvalue weighted by Crippen LogP contribution is 2.47. The molecule has 3 amide bonds. The van der Waals surface area contributed by atoms with Gasteiger partial charge in [0.1, 0.15) is 34.2 Å². The average Bonchev–Trinajstić information content (AvgIpc) is 0.772. The Labute approximate surface area is 561 Å². The fraction of sp³-hybridized carbons (Fsp3) is 0.803. The second-order valence-corrected chi connectivity index (χ2v) is 32.6. The molecule has 0 spiro atoms. The smallest absolute Gasteiger partial charge is 0.412 e. The summed E-state index contributed by atoms with van der Waals surface area (Å²) in [7, 11) is -0.394. The summed E-state index contributed by atoms with van der Waals surface area (Å²) in [6.07, 6.45) is 26.9. The van der Waals surface area contributed by atoms with E-state index in [2.05, 4.69) is 104 Å². The molecule has 6 atom stereocenters. The molecular weight excluding hydrogens is 1170 g/mol. The summed E-state index contributed by atoms with van der Waals surface area (Å²) >= 11 is 0. The van der Waals surface area contributed by atoms with Crippen molar-refractivity contribution in [3.8, 4) is 23.0 Å². The first-order valence-electron chi connectivity index (χ1n) is 36.5. The van der Waals surface area contributed by atoms with Crippen molar-refractivity contribution in [3.05, 3.63) is 44.5 Å². The van der Waals surface area contributed by atoms with Crippen LogP contribution in [-0.2, 0) is 27.8 Å². The van der Waals surface area contributed by atoms with Crippen LogP contribution in [-0.4, -0.2) is 124 Å². The number of quaternary nitrogens is 1. The topological polar surface area (TPSA) is 185 Å². The highest BCUT2D eigenvalue weighted by atomic mass is 32.2. The van der Waals surface area contributed by atoms with E-state index in [0.717, 1.165) is 131 Å². The van der Waals surface area contributed by atoms with E-state index in [1.807, 2.05) is 41.8 Å². The minimum Gasteiger partial charge on any atom is -0.748 e. The zero-order valence-electron chi connectivity index (χ0n) is 61.6. The lowest BCUT2D eigenvalue weighted by molar-refractivity contribution is -0.889. The quantitative estimate of drug-likeness (QED) is 0.0326. The molecule has 0 saturated heterocycles. The van der Waals surface area contributed by atoms with Gasteiger partial charge in [0.05, 0.1) is 43.8 Å². The van der Waals surface area contributed by atoms with Crippen molar-refractivity contribution in [2.75, 3.05) is 72.2 Å². The number of nitrogens with zero attached hydrogens (tertiary/aromatic N) is 2. The second kappa shape index (κ2) is 39.2. The van der Waals surface area contributed by atoms with Crippen LogP contribution in [0, 0.1) is 77.0 Å². The maximum atomic E-state index is 13.5. The largest absolute Gasteiger partial charge is 0.748 e. The van der Waals surface area contributed by atoms with E-state index in [1.165, 1.54) is 89.9 Å². The minimum absolute atomic E-state index is 0.116. The number of hydrogen-bond acceptors (Lipinski definition) is 11. The van der Waals surface area contributed by atoms with Crippen molar-refractivity contribution in [2.24, 2.45) is 35.5 Å². The van der Waals surface area contributed by atoms with Gasteiger partial charge in [0.15, 0.2) is 0 Å². The summed E-state index contributed by atoms with van der Waals surface area (Å²) < 4.78 is 59.9. The number of carbonyl (C=O) groups excluding carboxylic acids is 3. The monoisotopic (exact) mass is 1310 g/mol. The molecule has 16 heteroatoms. The first-order chi connectivity index (χ1) is 43.2. The highest BCUT2D eigenvalue weighted by Gasteiger charge is 2.37. The van der Waals surface area contributed by atoms with Crippen LogP contribution >= 0.6 is 0 Å². The standard InChI is InChI=1S/C76H133N5O10S/c1-54(2)28-19-30-56(5)32-21-34-58(7)36-23-41-75(15)43-38-66-64(13)69(60(9)62(11)71(66)90-75)88-73(83)78-45-25-48-80(50-40-68(82)77-47-52-81(17,18)51-27-53-92(85,86)87)49-26-46-79-74(84)89-70-61(10)63(12)72-67(65(70)14)39-44-76(16,91-72)42-24-37-59(8)35-22-33-57(6)31-20-29-55(3)4/h54-59H,19-53H2,1-18H3,(H3-,77,78,79,82,83,84,85,86,87)/t56-,57-,58-,59-,75-,76-/m1/s1. The summed E-state index contributed by atoms with van der Waals surface area (Å²) in [5.41, 5.74) is 7.45. The van der Waals surface area contributed by atoms with Crippen molar-refractivity contribution in [3.63, 3.8) is 0 Å². The van der Waals surface area contributed by atoms with Gasteiger partial charge >= 0.3 is 12.2 Å². The Bertz CT molecular complexity index is 2570. The van der Waals surface area contributed by atoms with Gasteiger partial charge in [0, 0.05) is 49.4 Å². The van der Waals surface area contributed by atoms with Crippen molar-refractivity contribution in [1.29, 1.82) is 0 Å². The van der Waals surface area contributed by atoms with E-state index < -0.39 is 28.1 Å². The van der Waals surface area contributed by atoms with Gasteiger partial charge < -0.3 is 48.8 Å². The molecule has 2 heterocycles. The summed E-state index contributed by atoms with van der Waals surface area (Å²) in [4.78, 5) is 42.4. The molecule has 92 heavy (non-hydrogen) atoms. The maximum Gasteiger partial charge on any atom is 0.412 e. The van der Waals surface area contributed by atoms with Gasteiger partial charge in [-0.2, -0.15) is 0 Å². The summed E-state index contributed by atoms with van der Waals surface area (Å²) in [6.45, 7) is 39.5. The van der Waals surface area contributed by atoms with Crippen LogP contribution in [0.2, 0.25) is 0 Å². The summed E-state index contributed by atoms with van der Waals surface area (Å²) in [6, 6.07) is 0. The predicted octanol–water partition coefficient (Wildman–Crippen LogP) is 17.1. The third-order valence-electron chi connectivity index (χ3n) is 20.8. The molecule has 528 valence electrons.